The number of thiophene rings is 1. The van der Waals surface area contributed by atoms with E-state index in [-0.39, 0.29) is 11.6 Å². The summed E-state index contributed by atoms with van der Waals surface area (Å²) >= 11 is 7.24. The minimum absolute atomic E-state index is 0.0495. The van der Waals surface area contributed by atoms with E-state index in [9.17, 15) is 13.2 Å². The number of nitrogens with one attached hydrogen (secondary N) is 2. The van der Waals surface area contributed by atoms with Crippen molar-refractivity contribution in [1.29, 1.82) is 0 Å². The van der Waals surface area contributed by atoms with E-state index in [0.29, 0.717) is 17.3 Å². The number of aromatic nitrogens is 1. The first-order chi connectivity index (χ1) is 9.88. The normalized spacial score (nSPS) is 11.5. The Morgan fingerprint density at radius 2 is 1.95 bits per heavy atom. The van der Waals surface area contributed by atoms with Crippen molar-refractivity contribution in [1.82, 2.24) is 4.98 Å². The highest BCUT2D eigenvalue weighted by Crippen LogP contribution is 2.32. The standard InChI is InChI=1S/C12H12ClF3N4S/c13-9-2-1-8(21-9)3-4-18-10-5-7(12(14,15)16)6-11(19-10)20-17/h1-2,5-6H,3-4,17H2,(H2,18,19,20). The van der Waals surface area contributed by atoms with Gasteiger partial charge in [0.05, 0.1) is 9.90 Å². The van der Waals surface area contributed by atoms with Crippen molar-refractivity contribution in [2.24, 2.45) is 5.84 Å². The van der Waals surface area contributed by atoms with Gasteiger partial charge in [0.15, 0.2) is 0 Å². The number of hydrazine groups is 1. The third-order valence-electron chi connectivity index (χ3n) is 2.61. The van der Waals surface area contributed by atoms with E-state index in [1.807, 2.05) is 6.07 Å². The van der Waals surface area contributed by atoms with Crippen molar-refractivity contribution in [2.45, 2.75) is 12.6 Å². The van der Waals surface area contributed by atoms with Gasteiger partial charge in [-0.3, -0.25) is 0 Å². The number of nitrogens with two attached hydrogens (primary N) is 1. The summed E-state index contributed by atoms with van der Waals surface area (Å²) in [4.78, 5) is 4.97. The average molecular weight is 337 g/mol. The molecule has 0 saturated carbocycles. The minimum atomic E-state index is -4.45. The van der Waals surface area contributed by atoms with Gasteiger partial charge in [-0.1, -0.05) is 11.6 Å². The maximum Gasteiger partial charge on any atom is 0.416 e. The summed E-state index contributed by atoms with van der Waals surface area (Å²) in [5, 5.41) is 2.85. The summed E-state index contributed by atoms with van der Waals surface area (Å²) in [5.74, 6) is 5.19. The largest absolute Gasteiger partial charge is 0.416 e. The SMILES string of the molecule is NNc1cc(C(F)(F)F)cc(NCCc2ccc(Cl)s2)n1. The van der Waals surface area contributed by atoms with Gasteiger partial charge in [0.25, 0.3) is 0 Å². The zero-order valence-corrected chi connectivity index (χ0v) is 12.2. The molecule has 2 rings (SSSR count). The third kappa shape index (κ3) is 4.48. The van der Waals surface area contributed by atoms with Crippen LogP contribution in [0.1, 0.15) is 10.4 Å². The van der Waals surface area contributed by atoms with Crippen molar-refractivity contribution in [3.8, 4) is 0 Å². The summed E-state index contributed by atoms with van der Waals surface area (Å²) in [6.07, 6.45) is -3.81. The van der Waals surface area contributed by atoms with Crippen molar-refractivity contribution in [3.05, 3.63) is 39.0 Å². The first kappa shape index (κ1) is 15.9. The molecular weight excluding hydrogens is 325 g/mol. The quantitative estimate of drug-likeness (QED) is 0.574. The Bertz CT molecular complexity index is 615. The molecule has 0 bridgehead atoms. The Balaban J connectivity index is 2.05. The molecule has 0 unspecified atom stereocenters. The Morgan fingerprint density at radius 3 is 2.52 bits per heavy atom. The Labute approximate surface area is 128 Å². The van der Waals surface area contributed by atoms with E-state index < -0.39 is 11.7 Å². The summed E-state index contributed by atoms with van der Waals surface area (Å²) in [5.41, 5.74) is 1.31. The van der Waals surface area contributed by atoms with Crippen LogP contribution in [0.25, 0.3) is 0 Å². The van der Waals surface area contributed by atoms with E-state index in [1.54, 1.807) is 6.07 Å². The fourth-order valence-electron chi connectivity index (χ4n) is 1.66. The van der Waals surface area contributed by atoms with Gasteiger partial charge in [0, 0.05) is 11.4 Å². The van der Waals surface area contributed by atoms with Crippen LogP contribution in [-0.2, 0) is 12.6 Å². The molecule has 0 aliphatic carbocycles. The molecule has 0 saturated heterocycles. The van der Waals surface area contributed by atoms with Crippen molar-refractivity contribution >= 4 is 34.6 Å². The van der Waals surface area contributed by atoms with E-state index in [2.05, 4.69) is 15.7 Å². The highest BCUT2D eigenvalue weighted by atomic mass is 35.5. The summed E-state index contributed by atoms with van der Waals surface area (Å²) < 4.78 is 38.9. The average Bonchev–Trinajstić information content (AvgIpc) is 2.83. The smallest absolute Gasteiger partial charge is 0.370 e. The second-order valence-electron chi connectivity index (χ2n) is 4.15. The van der Waals surface area contributed by atoms with Crippen LogP contribution in [0.4, 0.5) is 24.8 Å². The second-order valence-corrected chi connectivity index (χ2v) is 5.95. The zero-order chi connectivity index (χ0) is 15.5. The number of rotatable bonds is 5. The van der Waals surface area contributed by atoms with Crippen LogP contribution < -0.4 is 16.6 Å². The lowest BCUT2D eigenvalue weighted by molar-refractivity contribution is -0.137. The lowest BCUT2D eigenvalue weighted by Gasteiger charge is -2.12. The van der Waals surface area contributed by atoms with Gasteiger partial charge in [-0.2, -0.15) is 13.2 Å². The maximum atomic E-state index is 12.7. The molecule has 4 N–H and O–H groups in total. The number of anilines is 2. The van der Waals surface area contributed by atoms with Crippen molar-refractivity contribution in [3.63, 3.8) is 0 Å². The van der Waals surface area contributed by atoms with Gasteiger partial charge in [0.2, 0.25) is 0 Å². The van der Waals surface area contributed by atoms with Gasteiger partial charge in [0.1, 0.15) is 11.6 Å². The molecule has 0 aliphatic heterocycles. The van der Waals surface area contributed by atoms with Crippen LogP contribution in [0.3, 0.4) is 0 Å². The summed E-state index contributed by atoms with van der Waals surface area (Å²) in [6, 6.07) is 5.45. The number of nitrogens with zero attached hydrogens (tertiary/aromatic N) is 1. The zero-order valence-electron chi connectivity index (χ0n) is 10.7. The van der Waals surface area contributed by atoms with Crippen LogP contribution in [-0.4, -0.2) is 11.5 Å². The third-order valence-corrected chi connectivity index (χ3v) is 3.90. The maximum absolute atomic E-state index is 12.7. The molecule has 114 valence electrons. The van der Waals surface area contributed by atoms with E-state index >= 15 is 0 Å². The highest BCUT2D eigenvalue weighted by Gasteiger charge is 2.31. The topological polar surface area (TPSA) is 63.0 Å². The lowest BCUT2D eigenvalue weighted by atomic mass is 10.2. The van der Waals surface area contributed by atoms with Crippen LogP contribution in [0, 0.1) is 0 Å². The molecule has 0 radical (unpaired) electrons. The molecule has 0 spiro atoms. The van der Waals surface area contributed by atoms with Gasteiger partial charge < -0.3 is 10.7 Å². The molecule has 9 heteroatoms. The molecule has 0 amide bonds. The fourth-order valence-corrected chi connectivity index (χ4v) is 2.75. The van der Waals surface area contributed by atoms with Crippen LogP contribution >= 0.6 is 22.9 Å². The number of halogens is 4. The monoisotopic (exact) mass is 336 g/mol. The predicted molar refractivity (Wildman–Crippen MR) is 78.6 cm³/mol. The fraction of sp³-hybridized carbons (Fsp3) is 0.250. The number of hydrogen-bond acceptors (Lipinski definition) is 5. The second kappa shape index (κ2) is 6.50. The van der Waals surface area contributed by atoms with Crippen molar-refractivity contribution in [2.75, 3.05) is 17.3 Å². The predicted octanol–water partition coefficient (Wildman–Crippen LogP) is 3.76. The Kier molecular flexibility index (Phi) is 4.92. The lowest BCUT2D eigenvalue weighted by Crippen LogP contribution is -2.14. The van der Waals surface area contributed by atoms with E-state index in [0.717, 1.165) is 17.0 Å². The molecule has 0 fully saturated rings. The van der Waals surface area contributed by atoms with Crippen LogP contribution in [0.2, 0.25) is 4.34 Å². The Morgan fingerprint density at radius 1 is 1.24 bits per heavy atom. The highest BCUT2D eigenvalue weighted by molar-refractivity contribution is 7.16. The van der Waals surface area contributed by atoms with Crippen molar-refractivity contribution < 1.29 is 13.2 Å². The molecule has 21 heavy (non-hydrogen) atoms. The van der Waals surface area contributed by atoms with Crippen LogP contribution in [0.5, 0.6) is 0 Å². The molecule has 4 nitrogen and oxygen atoms in total. The first-order valence-electron chi connectivity index (χ1n) is 5.92. The molecular formula is C12H12ClF3N4S. The van der Waals surface area contributed by atoms with Crippen LogP contribution in [0.15, 0.2) is 24.3 Å². The number of alkyl halides is 3. The molecule has 2 heterocycles. The number of pyridine rings is 1. The Hall–Kier alpha value is -1.51. The number of nitrogen functional groups attached to an aromatic ring is 1. The van der Waals surface area contributed by atoms with Gasteiger partial charge >= 0.3 is 6.18 Å². The van der Waals surface area contributed by atoms with E-state index in [4.69, 9.17) is 17.4 Å². The molecule has 2 aromatic heterocycles. The summed E-state index contributed by atoms with van der Waals surface area (Å²) in [6.45, 7) is 0.440. The summed E-state index contributed by atoms with van der Waals surface area (Å²) in [7, 11) is 0. The molecule has 0 aromatic carbocycles. The molecule has 0 atom stereocenters. The van der Waals surface area contributed by atoms with Gasteiger partial charge in [-0.15, -0.1) is 11.3 Å². The number of hydrogen-bond donors (Lipinski definition) is 3. The minimum Gasteiger partial charge on any atom is -0.370 e. The molecule has 2 aromatic rings. The first-order valence-corrected chi connectivity index (χ1v) is 7.12. The van der Waals surface area contributed by atoms with Gasteiger partial charge in [-0.05, 0) is 30.7 Å². The van der Waals surface area contributed by atoms with Gasteiger partial charge in [-0.25, -0.2) is 10.8 Å². The van der Waals surface area contributed by atoms with E-state index in [1.165, 1.54) is 11.3 Å². The molecule has 0 aliphatic rings.